The van der Waals surface area contributed by atoms with Gasteiger partial charge in [-0.2, -0.15) is 0 Å². The summed E-state index contributed by atoms with van der Waals surface area (Å²) >= 11 is 6.33. The maximum absolute atomic E-state index is 12.3. The molecule has 0 bridgehead atoms. The van der Waals surface area contributed by atoms with Crippen LogP contribution in [0.5, 0.6) is 5.75 Å². The summed E-state index contributed by atoms with van der Waals surface area (Å²) in [6, 6.07) is 3.25. The van der Waals surface area contributed by atoms with Gasteiger partial charge in [0, 0.05) is 43.2 Å². The molecule has 1 atom stereocenters. The van der Waals surface area contributed by atoms with Crippen molar-refractivity contribution in [2.24, 2.45) is 0 Å². The number of ether oxygens (including phenoxy) is 2. The lowest BCUT2D eigenvalue weighted by Crippen LogP contribution is -2.43. The van der Waals surface area contributed by atoms with Crippen LogP contribution in [-0.2, 0) is 9.53 Å². The Kier molecular flexibility index (Phi) is 6.59. The minimum Gasteiger partial charge on any atom is -0.479 e. The molecule has 1 N–H and O–H groups in total. The number of amides is 1. The average Bonchev–Trinajstić information content (AvgIpc) is 2.68. The quantitative estimate of drug-likeness (QED) is 0.738. The number of rotatable bonds is 6. The molecule has 0 radical (unpaired) electrons. The van der Waals surface area contributed by atoms with Gasteiger partial charge in [0.15, 0.2) is 6.10 Å². The lowest BCUT2D eigenvalue weighted by molar-refractivity contribution is -0.127. The second-order valence-corrected chi connectivity index (χ2v) is 7.33. The standard InChI is InChI=1S/C20H25ClN2O5/c1-12-13(2)20(25)28-17-11-18(16(21)10-15(12)17)27-14(3)19(24)22-4-5-23-6-8-26-9-7-23/h10-11,14H,4-9H2,1-3H3,(H,22,24)/t14-/m0/s1. The van der Waals surface area contributed by atoms with Crippen molar-refractivity contribution >= 4 is 28.5 Å². The Morgan fingerprint density at radius 2 is 2.00 bits per heavy atom. The fourth-order valence-electron chi connectivity index (χ4n) is 3.08. The summed E-state index contributed by atoms with van der Waals surface area (Å²) in [6.07, 6.45) is -0.738. The van der Waals surface area contributed by atoms with Gasteiger partial charge >= 0.3 is 5.63 Å². The third-order valence-electron chi connectivity index (χ3n) is 5.01. The van der Waals surface area contributed by atoms with E-state index in [0.29, 0.717) is 28.5 Å². The first kappa shape index (κ1) is 20.6. The van der Waals surface area contributed by atoms with Crippen LogP contribution in [0.15, 0.2) is 21.3 Å². The number of nitrogens with one attached hydrogen (secondary N) is 1. The zero-order valence-corrected chi connectivity index (χ0v) is 17.1. The molecule has 1 saturated heterocycles. The predicted molar refractivity (Wildman–Crippen MR) is 107 cm³/mol. The molecule has 8 heteroatoms. The van der Waals surface area contributed by atoms with Crippen molar-refractivity contribution in [1.82, 2.24) is 10.2 Å². The van der Waals surface area contributed by atoms with Crippen molar-refractivity contribution in [3.63, 3.8) is 0 Å². The highest BCUT2D eigenvalue weighted by Crippen LogP contribution is 2.32. The van der Waals surface area contributed by atoms with Gasteiger partial charge in [-0.3, -0.25) is 9.69 Å². The van der Waals surface area contributed by atoms with Gasteiger partial charge in [-0.15, -0.1) is 0 Å². The summed E-state index contributed by atoms with van der Waals surface area (Å²) in [5, 5.41) is 3.97. The Balaban J connectivity index is 1.64. The molecular formula is C20H25ClN2O5. The summed E-state index contributed by atoms with van der Waals surface area (Å²) in [5.74, 6) is 0.0716. The number of halogens is 1. The number of carbonyl (C=O) groups excluding carboxylic acids is 1. The molecular weight excluding hydrogens is 384 g/mol. The van der Waals surface area contributed by atoms with Crippen LogP contribution < -0.4 is 15.7 Å². The second-order valence-electron chi connectivity index (χ2n) is 6.92. The van der Waals surface area contributed by atoms with Crippen molar-refractivity contribution in [3.05, 3.63) is 38.7 Å². The van der Waals surface area contributed by atoms with E-state index < -0.39 is 11.7 Å². The van der Waals surface area contributed by atoms with Crippen LogP contribution in [0.4, 0.5) is 0 Å². The van der Waals surface area contributed by atoms with Crippen LogP contribution in [0.1, 0.15) is 18.1 Å². The fourth-order valence-corrected chi connectivity index (χ4v) is 3.29. The summed E-state index contributed by atoms with van der Waals surface area (Å²) < 4.78 is 16.4. The Morgan fingerprint density at radius 3 is 2.71 bits per heavy atom. The van der Waals surface area contributed by atoms with E-state index in [4.69, 9.17) is 25.5 Å². The molecule has 1 aromatic heterocycles. The maximum Gasteiger partial charge on any atom is 0.339 e. The zero-order valence-electron chi connectivity index (χ0n) is 16.3. The van der Waals surface area contributed by atoms with Gasteiger partial charge in [0.1, 0.15) is 11.3 Å². The molecule has 0 saturated carbocycles. The van der Waals surface area contributed by atoms with Gasteiger partial charge < -0.3 is 19.2 Å². The largest absolute Gasteiger partial charge is 0.479 e. The fraction of sp³-hybridized carbons (Fsp3) is 0.500. The number of nitrogens with zero attached hydrogens (tertiary/aromatic N) is 1. The lowest BCUT2D eigenvalue weighted by atomic mass is 10.1. The minimum atomic E-state index is -0.738. The van der Waals surface area contributed by atoms with E-state index in [0.717, 1.165) is 43.8 Å². The van der Waals surface area contributed by atoms with E-state index in [1.54, 1.807) is 26.0 Å². The predicted octanol–water partition coefficient (Wildman–Crippen LogP) is 2.28. The molecule has 152 valence electrons. The van der Waals surface area contributed by atoms with Gasteiger partial charge in [0.2, 0.25) is 0 Å². The van der Waals surface area contributed by atoms with E-state index in [9.17, 15) is 9.59 Å². The van der Waals surface area contributed by atoms with Gasteiger partial charge in [0.05, 0.1) is 18.2 Å². The Hall–Kier alpha value is -2.09. The minimum absolute atomic E-state index is 0.231. The van der Waals surface area contributed by atoms with Crippen LogP contribution >= 0.6 is 11.6 Å². The number of hydrogen-bond acceptors (Lipinski definition) is 6. The number of fused-ring (bicyclic) bond motifs is 1. The van der Waals surface area contributed by atoms with Crippen LogP contribution in [0.2, 0.25) is 5.02 Å². The van der Waals surface area contributed by atoms with E-state index >= 15 is 0 Å². The number of aryl methyl sites for hydroxylation is 1. The van der Waals surface area contributed by atoms with Crippen LogP contribution in [0.3, 0.4) is 0 Å². The molecule has 0 unspecified atom stereocenters. The van der Waals surface area contributed by atoms with Gasteiger partial charge in [-0.1, -0.05) is 11.6 Å². The van der Waals surface area contributed by atoms with E-state index in [1.807, 2.05) is 6.92 Å². The Labute approximate surface area is 168 Å². The van der Waals surface area contributed by atoms with Gasteiger partial charge in [0.25, 0.3) is 5.91 Å². The highest BCUT2D eigenvalue weighted by atomic mass is 35.5. The van der Waals surface area contributed by atoms with Crippen molar-refractivity contribution in [3.8, 4) is 5.75 Å². The molecule has 0 spiro atoms. The number of morpholine rings is 1. The van der Waals surface area contributed by atoms with Crippen molar-refractivity contribution in [2.45, 2.75) is 26.9 Å². The van der Waals surface area contributed by atoms with E-state index in [-0.39, 0.29) is 5.91 Å². The number of carbonyl (C=O) groups is 1. The number of hydrogen-bond donors (Lipinski definition) is 1. The van der Waals surface area contributed by atoms with Gasteiger partial charge in [-0.05, 0) is 32.4 Å². The highest BCUT2D eigenvalue weighted by molar-refractivity contribution is 6.32. The monoisotopic (exact) mass is 408 g/mol. The molecule has 0 aliphatic carbocycles. The molecule has 7 nitrogen and oxygen atoms in total. The third-order valence-corrected chi connectivity index (χ3v) is 5.31. The van der Waals surface area contributed by atoms with Crippen LogP contribution in [0.25, 0.3) is 11.0 Å². The molecule has 2 aromatic rings. The van der Waals surface area contributed by atoms with Crippen molar-refractivity contribution in [1.29, 1.82) is 0 Å². The molecule has 1 amide bonds. The third kappa shape index (κ3) is 4.66. The second kappa shape index (κ2) is 8.94. The summed E-state index contributed by atoms with van der Waals surface area (Å²) in [6.45, 7) is 9.70. The summed E-state index contributed by atoms with van der Waals surface area (Å²) in [5.41, 5.74) is 1.35. The normalized spacial score (nSPS) is 16.1. The molecule has 3 rings (SSSR count). The molecule has 1 aliphatic heterocycles. The topological polar surface area (TPSA) is 81.0 Å². The number of benzene rings is 1. The van der Waals surface area contributed by atoms with Crippen LogP contribution in [-0.4, -0.2) is 56.3 Å². The molecule has 1 aliphatic rings. The SMILES string of the molecule is Cc1c(C)c2cc(Cl)c(O[C@@H](C)C(=O)NCCN3CCOCC3)cc2oc1=O. The van der Waals surface area contributed by atoms with E-state index in [1.165, 1.54) is 0 Å². The molecule has 2 heterocycles. The lowest BCUT2D eigenvalue weighted by Gasteiger charge is -2.26. The van der Waals surface area contributed by atoms with Crippen molar-refractivity contribution < 1.29 is 18.7 Å². The Morgan fingerprint density at radius 1 is 1.29 bits per heavy atom. The maximum atomic E-state index is 12.3. The first-order valence-electron chi connectivity index (χ1n) is 9.35. The molecule has 28 heavy (non-hydrogen) atoms. The van der Waals surface area contributed by atoms with Gasteiger partial charge in [-0.25, -0.2) is 4.79 Å². The first-order chi connectivity index (χ1) is 13.4. The zero-order chi connectivity index (χ0) is 20.3. The summed E-state index contributed by atoms with van der Waals surface area (Å²) in [4.78, 5) is 26.5. The smallest absolute Gasteiger partial charge is 0.339 e. The average molecular weight is 409 g/mol. The van der Waals surface area contributed by atoms with E-state index in [2.05, 4.69) is 10.2 Å². The highest BCUT2D eigenvalue weighted by Gasteiger charge is 2.18. The van der Waals surface area contributed by atoms with Crippen LogP contribution in [0, 0.1) is 13.8 Å². The summed E-state index contributed by atoms with van der Waals surface area (Å²) in [7, 11) is 0. The van der Waals surface area contributed by atoms with Crippen molar-refractivity contribution in [2.75, 3.05) is 39.4 Å². The first-order valence-corrected chi connectivity index (χ1v) is 9.72. The Bertz CT molecular complexity index is 921. The molecule has 1 aromatic carbocycles. The molecule has 1 fully saturated rings.